The van der Waals surface area contributed by atoms with Gasteiger partial charge in [-0.25, -0.2) is 0 Å². The van der Waals surface area contributed by atoms with Crippen LogP contribution < -0.4 is 4.90 Å². The van der Waals surface area contributed by atoms with Gasteiger partial charge in [0.05, 0.1) is 16.9 Å². The van der Waals surface area contributed by atoms with Gasteiger partial charge in [-0.1, -0.05) is 15.9 Å². The number of benzene rings is 1. The van der Waals surface area contributed by atoms with E-state index < -0.39 is 5.60 Å². The van der Waals surface area contributed by atoms with E-state index in [0.717, 1.165) is 42.5 Å². The summed E-state index contributed by atoms with van der Waals surface area (Å²) >= 11 is 3.45. The minimum Gasteiger partial charge on any atom is -0.390 e. The molecule has 1 aliphatic rings. The second kappa shape index (κ2) is 5.29. The SMILES string of the molecule is CC1(O)CCCN(c2cc(Br)ccc2C#N)CC1. The molecular weight excluding hydrogens is 292 g/mol. The molecule has 3 nitrogen and oxygen atoms in total. The van der Waals surface area contributed by atoms with Gasteiger partial charge < -0.3 is 10.0 Å². The van der Waals surface area contributed by atoms with Crippen LogP contribution in [0.3, 0.4) is 0 Å². The van der Waals surface area contributed by atoms with Gasteiger partial charge in [0.1, 0.15) is 6.07 Å². The monoisotopic (exact) mass is 308 g/mol. The van der Waals surface area contributed by atoms with E-state index in [2.05, 4.69) is 26.9 Å². The van der Waals surface area contributed by atoms with Crippen LogP contribution in [0, 0.1) is 11.3 Å². The Morgan fingerprint density at radius 1 is 1.39 bits per heavy atom. The summed E-state index contributed by atoms with van der Waals surface area (Å²) in [7, 11) is 0. The van der Waals surface area contributed by atoms with Crippen molar-refractivity contribution in [1.82, 2.24) is 0 Å². The fourth-order valence-corrected chi connectivity index (χ4v) is 2.71. The van der Waals surface area contributed by atoms with Crippen molar-refractivity contribution in [3.05, 3.63) is 28.2 Å². The summed E-state index contributed by atoms with van der Waals surface area (Å²) in [5.74, 6) is 0. The molecule has 1 heterocycles. The fraction of sp³-hybridized carbons (Fsp3) is 0.500. The molecule has 0 spiro atoms. The molecule has 0 amide bonds. The predicted molar refractivity (Wildman–Crippen MR) is 75.5 cm³/mol. The lowest BCUT2D eigenvalue weighted by Crippen LogP contribution is -2.28. The number of nitriles is 1. The molecule has 1 atom stereocenters. The van der Waals surface area contributed by atoms with Crippen molar-refractivity contribution in [3.8, 4) is 6.07 Å². The van der Waals surface area contributed by atoms with Gasteiger partial charge in [-0.05, 0) is 44.4 Å². The molecule has 18 heavy (non-hydrogen) atoms. The first-order valence-corrected chi connectivity index (χ1v) is 6.98. The Kier molecular flexibility index (Phi) is 3.94. The minimum atomic E-state index is -0.576. The smallest absolute Gasteiger partial charge is 0.101 e. The van der Waals surface area contributed by atoms with Gasteiger partial charge in [-0.2, -0.15) is 5.26 Å². The topological polar surface area (TPSA) is 47.3 Å². The van der Waals surface area contributed by atoms with Gasteiger partial charge in [-0.15, -0.1) is 0 Å². The van der Waals surface area contributed by atoms with Crippen LogP contribution in [0.25, 0.3) is 0 Å². The van der Waals surface area contributed by atoms with Crippen molar-refractivity contribution in [2.24, 2.45) is 0 Å². The molecule has 0 saturated carbocycles. The lowest BCUT2D eigenvalue weighted by molar-refractivity contribution is 0.0481. The standard InChI is InChI=1S/C14H17BrN2O/c1-14(18)5-2-7-17(8-6-14)13-9-12(15)4-3-11(13)10-16/h3-4,9,18H,2,5-8H2,1H3. The van der Waals surface area contributed by atoms with Crippen molar-refractivity contribution in [2.75, 3.05) is 18.0 Å². The number of hydrogen-bond acceptors (Lipinski definition) is 3. The summed E-state index contributed by atoms with van der Waals surface area (Å²) in [6.07, 6.45) is 2.51. The lowest BCUT2D eigenvalue weighted by atomic mass is 9.98. The Hall–Kier alpha value is -1.05. The zero-order valence-corrected chi connectivity index (χ0v) is 12.1. The summed E-state index contributed by atoms with van der Waals surface area (Å²) in [4.78, 5) is 2.20. The Labute approximate surface area is 116 Å². The number of aliphatic hydroxyl groups is 1. The average molecular weight is 309 g/mol. The van der Waals surface area contributed by atoms with Gasteiger partial charge in [0.15, 0.2) is 0 Å². The third-order valence-corrected chi connectivity index (χ3v) is 3.98. The number of anilines is 1. The molecule has 1 aliphatic heterocycles. The maximum atomic E-state index is 10.1. The molecule has 1 unspecified atom stereocenters. The van der Waals surface area contributed by atoms with Crippen molar-refractivity contribution >= 4 is 21.6 Å². The summed E-state index contributed by atoms with van der Waals surface area (Å²) in [6.45, 7) is 3.57. The van der Waals surface area contributed by atoms with Crippen molar-refractivity contribution in [2.45, 2.75) is 31.8 Å². The number of hydrogen-bond donors (Lipinski definition) is 1. The molecule has 2 rings (SSSR count). The molecule has 0 aliphatic carbocycles. The highest BCUT2D eigenvalue weighted by Crippen LogP contribution is 2.29. The second-order valence-electron chi connectivity index (χ2n) is 5.11. The van der Waals surface area contributed by atoms with Crippen LogP contribution in [0.15, 0.2) is 22.7 Å². The molecular formula is C14H17BrN2O. The maximum Gasteiger partial charge on any atom is 0.101 e. The van der Waals surface area contributed by atoms with Crippen LogP contribution in [0.5, 0.6) is 0 Å². The van der Waals surface area contributed by atoms with E-state index in [1.54, 1.807) is 0 Å². The van der Waals surface area contributed by atoms with Crippen molar-refractivity contribution in [1.29, 1.82) is 5.26 Å². The normalized spacial score (nSPS) is 24.4. The first kappa shape index (κ1) is 13.4. The molecule has 4 heteroatoms. The highest BCUT2D eigenvalue weighted by atomic mass is 79.9. The van der Waals surface area contributed by atoms with Crippen molar-refractivity contribution in [3.63, 3.8) is 0 Å². The highest BCUT2D eigenvalue weighted by Gasteiger charge is 2.25. The quantitative estimate of drug-likeness (QED) is 0.867. The van der Waals surface area contributed by atoms with Crippen LogP contribution >= 0.6 is 15.9 Å². The summed E-state index contributed by atoms with van der Waals surface area (Å²) < 4.78 is 0.979. The molecule has 0 radical (unpaired) electrons. The van der Waals surface area contributed by atoms with E-state index >= 15 is 0 Å². The Morgan fingerprint density at radius 2 is 2.17 bits per heavy atom. The Balaban J connectivity index is 2.26. The summed E-state index contributed by atoms with van der Waals surface area (Å²) in [5.41, 5.74) is 1.08. The van der Waals surface area contributed by atoms with Crippen LogP contribution in [-0.2, 0) is 0 Å². The van der Waals surface area contributed by atoms with Crippen LogP contribution in [0.4, 0.5) is 5.69 Å². The zero-order valence-electron chi connectivity index (χ0n) is 10.5. The van der Waals surface area contributed by atoms with Crippen LogP contribution in [-0.4, -0.2) is 23.8 Å². The first-order valence-electron chi connectivity index (χ1n) is 6.19. The largest absolute Gasteiger partial charge is 0.390 e. The Bertz CT molecular complexity index is 479. The van der Waals surface area contributed by atoms with Gasteiger partial charge in [0.2, 0.25) is 0 Å². The zero-order chi connectivity index (χ0) is 13.2. The van der Waals surface area contributed by atoms with E-state index in [0.29, 0.717) is 5.56 Å². The molecule has 1 aromatic rings. The first-order chi connectivity index (χ1) is 8.52. The lowest BCUT2D eigenvalue weighted by Gasteiger charge is -2.25. The minimum absolute atomic E-state index is 0.576. The summed E-state index contributed by atoms with van der Waals surface area (Å²) in [6, 6.07) is 7.94. The third-order valence-electron chi connectivity index (χ3n) is 3.48. The molecule has 0 aromatic heterocycles. The van der Waals surface area contributed by atoms with Gasteiger partial charge >= 0.3 is 0 Å². The second-order valence-corrected chi connectivity index (χ2v) is 6.03. The Morgan fingerprint density at radius 3 is 2.89 bits per heavy atom. The molecule has 1 fully saturated rings. The molecule has 1 saturated heterocycles. The van der Waals surface area contributed by atoms with Gasteiger partial charge in [-0.3, -0.25) is 0 Å². The van der Waals surface area contributed by atoms with E-state index in [4.69, 9.17) is 0 Å². The van der Waals surface area contributed by atoms with Gasteiger partial charge in [0, 0.05) is 17.6 Å². The average Bonchev–Trinajstić information content (AvgIpc) is 2.50. The van der Waals surface area contributed by atoms with Crippen molar-refractivity contribution < 1.29 is 5.11 Å². The number of nitrogens with zero attached hydrogens (tertiary/aromatic N) is 2. The highest BCUT2D eigenvalue weighted by molar-refractivity contribution is 9.10. The van der Waals surface area contributed by atoms with E-state index in [1.807, 2.05) is 25.1 Å². The van der Waals surface area contributed by atoms with Crippen LogP contribution in [0.1, 0.15) is 31.7 Å². The number of rotatable bonds is 1. The third kappa shape index (κ3) is 3.04. The van der Waals surface area contributed by atoms with E-state index in [9.17, 15) is 10.4 Å². The molecule has 96 valence electrons. The molecule has 1 aromatic carbocycles. The summed E-state index contributed by atoms with van der Waals surface area (Å²) in [5, 5.41) is 19.3. The van der Waals surface area contributed by atoms with E-state index in [-0.39, 0.29) is 0 Å². The van der Waals surface area contributed by atoms with Gasteiger partial charge in [0.25, 0.3) is 0 Å². The van der Waals surface area contributed by atoms with E-state index in [1.165, 1.54) is 0 Å². The fourth-order valence-electron chi connectivity index (χ4n) is 2.37. The maximum absolute atomic E-state index is 10.1. The van der Waals surface area contributed by atoms with Crippen LogP contribution in [0.2, 0.25) is 0 Å². The number of halogens is 1. The molecule has 0 bridgehead atoms. The predicted octanol–water partition coefficient (Wildman–Crippen LogP) is 3.06. The molecule has 1 N–H and O–H groups in total.